The van der Waals surface area contributed by atoms with Crippen LogP contribution in [0.2, 0.25) is 0 Å². The maximum absolute atomic E-state index is 8.64. The van der Waals surface area contributed by atoms with Crippen LogP contribution in [0.5, 0.6) is 0 Å². The summed E-state index contributed by atoms with van der Waals surface area (Å²) in [6.07, 6.45) is 1.18. The normalized spacial score (nSPS) is 19.9. The Morgan fingerprint density at radius 1 is 1.53 bits per heavy atom. The minimum Gasteiger partial charge on any atom is -0.315 e. The Kier molecular flexibility index (Phi) is 3.03. The Morgan fingerprint density at radius 2 is 2.33 bits per heavy atom. The lowest BCUT2D eigenvalue weighted by molar-refractivity contribution is 0.512. The first kappa shape index (κ1) is 10.2. The summed E-state index contributed by atoms with van der Waals surface area (Å²) in [5.41, 5.74) is 2.97. The molecule has 0 radical (unpaired) electrons. The van der Waals surface area contributed by atoms with Crippen LogP contribution in [0.1, 0.15) is 24.0 Å². The summed E-state index contributed by atoms with van der Waals surface area (Å²) in [5.74, 6) is 0.771. The number of fused-ring (bicyclic) bond motifs is 1. The number of benzene rings is 1. The molecule has 1 aliphatic rings. The van der Waals surface area contributed by atoms with Crippen molar-refractivity contribution in [2.75, 3.05) is 13.1 Å². The second-order valence-electron chi connectivity index (χ2n) is 4.29. The lowest BCUT2D eigenvalue weighted by Gasteiger charge is -2.30. The van der Waals surface area contributed by atoms with E-state index >= 15 is 0 Å². The molecular weight excluding hydrogens is 184 g/mol. The molecule has 2 atom stereocenters. The number of nitrogens with zero attached hydrogens (tertiary/aromatic N) is 1. The summed E-state index contributed by atoms with van der Waals surface area (Å²) in [4.78, 5) is 0. The van der Waals surface area contributed by atoms with Crippen molar-refractivity contribution in [1.82, 2.24) is 5.32 Å². The molecule has 0 saturated heterocycles. The third-order valence-electron chi connectivity index (χ3n) is 3.02. The summed E-state index contributed by atoms with van der Waals surface area (Å²) in [5, 5.41) is 12.0. The third kappa shape index (κ3) is 2.19. The molecule has 1 aromatic rings. The summed E-state index contributed by atoms with van der Waals surface area (Å²) >= 11 is 0. The average Bonchev–Trinajstić information content (AvgIpc) is 2.24. The minimum atomic E-state index is 0.111. The van der Waals surface area contributed by atoms with Crippen LogP contribution >= 0.6 is 0 Å². The van der Waals surface area contributed by atoms with E-state index in [2.05, 4.69) is 35.7 Å². The second kappa shape index (κ2) is 4.46. The topological polar surface area (TPSA) is 35.8 Å². The van der Waals surface area contributed by atoms with Gasteiger partial charge in [0.15, 0.2) is 0 Å². The highest BCUT2D eigenvalue weighted by Crippen LogP contribution is 2.33. The second-order valence-corrected chi connectivity index (χ2v) is 4.29. The molecule has 0 aliphatic heterocycles. The highest BCUT2D eigenvalue weighted by molar-refractivity contribution is 5.40. The minimum absolute atomic E-state index is 0.111. The summed E-state index contributed by atoms with van der Waals surface area (Å²) in [6, 6.07) is 10.8. The molecule has 0 saturated carbocycles. The van der Waals surface area contributed by atoms with Crippen LogP contribution in [-0.2, 0) is 6.42 Å². The molecule has 2 rings (SSSR count). The third-order valence-corrected chi connectivity index (χ3v) is 3.02. The van der Waals surface area contributed by atoms with E-state index in [0.29, 0.717) is 5.92 Å². The van der Waals surface area contributed by atoms with E-state index in [0.717, 1.165) is 13.1 Å². The number of hydrogen-bond donors (Lipinski definition) is 1. The molecule has 0 spiro atoms. The van der Waals surface area contributed by atoms with Crippen LogP contribution in [0.15, 0.2) is 24.3 Å². The van der Waals surface area contributed by atoms with Gasteiger partial charge in [0, 0.05) is 19.0 Å². The van der Waals surface area contributed by atoms with E-state index < -0.39 is 0 Å². The van der Waals surface area contributed by atoms with Gasteiger partial charge in [0.2, 0.25) is 0 Å². The zero-order valence-corrected chi connectivity index (χ0v) is 9.03. The lowest BCUT2D eigenvalue weighted by Crippen LogP contribution is -2.31. The van der Waals surface area contributed by atoms with Crippen LogP contribution in [0.4, 0.5) is 0 Å². The van der Waals surface area contributed by atoms with E-state index in [-0.39, 0.29) is 5.92 Å². The number of nitrogens with one attached hydrogen (secondary N) is 1. The quantitative estimate of drug-likeness (QED) is 0.807. The molecule has 1 N–H and O–H groups in total. The van der Waals surface area contributed by atoms with Crippen molar-refractivity contribution in [3.63, 3.8) is 0 Å². The van der Waals surface area contributed by atoms with Gasteiger partial charge in [0.25, 0.3) is 0 Å². The fraction of sp³-hybridized carbons (Fsp3) is 0.462. The molecule has 0 bridgehead atoms. The van der Waals surface area contributed by atoms with Gasteiger partial charge in [-0.3, -0.25) is 0 Å². The molecule has 1 aliphatic carbocycles. The Hall–Kier alpha value is -1.33. The van der Waals surface area contributed by atoms with Gasteiger partial charge in [-0.1, -0.05) is 24.3 Å². The standard InChI is InChI=1S/C13H16N2/c1-10(7-14)8-15-9-12-6-11-4-2-3-5-13(11)12/h2-5,10,12,15H,6,8-9H2,1H3. The van der Waals surface area contributed by atoms with E-state index in [9.17, 15) is 0 Å². The molecule has 78 valence electrons. The van der Waals surface area contributed by atoms with Gasteiger partial charge in [0.05, 0.1) is 12.0 Å². The Bertz CT molecular complexity index is 378. The van der Waals surface area contributed by atoms with Crippen LogP contribution in [-0.4, -0.2) is 13.1 Å². The number of nitriles is 1. The molecule has 2 nitrogen and oxygen atoms in total. The largest absolute Gasteiger partial charge is 0.315 e. The van der Waals surface area contributed by atoms with Gasteiger partial charge in [-0.15, -0.1) is 0 Å². The maximum Gasteiger partial charge on any atom is 0.0666 e. The molecule has 0 heterocycles. The summed E-state index contributed by atoms with van der Waals surface area (Å²) in [7, 11) is 0. The van der Waals surface area contributed by atoms with Gasteiger partial charge < -0.3 is 5.32 Å². The van der Waals surface area contributed by atoms with Crippen molar-refractivity contribution in [1.29, 1.82) is 5.26 Å². The van der Waals surface area contributed by atoms with Crippen LogP contribution in [0.25, 0.3) is 0 Å². The zero-order chi connectivity index (χ0) is 10.7. The van der Waals surface area contributed by atoms with E-state index in [4.69, 9.17) is 5.26 Å². The van der Waals surface area contributed by atoms with Crippen molar-refractivity contribution < 1.29 is 0 Å². The van der Waals surface area contributed by atoms with E-state index in [1.807, 2.05) is 6.92 Å². The Balaban J connectivity index is 1.78. The van der Waals surface area contributed by atoms with Crippen LogP contribution in [0.3, 0.4) is 0 Å². The van der Waals surface area contributed by atoms with Crippen molar-refractivity contribution in [2.24, 2.45) is 5.92 Å². The van der Waals surface area contributed by atoms with Crippen molar-refractivity contribution in [3.8, 4) is 6.07 Å². The first-order valence-corrected chi connectivity index (χ1v) is 5.49. The summed E-state index contributed by atoms with van der Waals surface area (Å²) in [6.45, 7) is 3.75. The fourth-order valence-electron chi connectivity index (χ4n) is 2.06. The molecule has 2 heteroatoms. The SMILES string of the molecule is CC(C#N)CNCC1Cc2ccccc21. The monoisotopic (exact) mass is 200 g/mol. The molecule has 0 aromatic heterocycles. The first-order chi connectivity index (χ1) is 7.31. The van der Waals surface area contributed by atoms with Crippen LogP contribution < -0.4 is 5.32 Å². The van der Waals surface area contributed by atoms with Gasteiger partial charge in [-0.2, -0.15) is 5.26 Å². The predicted octanol–water partition coefficient (Wildman–Crippen LogP) is 2.08. The van der Waals surface area contributed by atoms with Crippen LogP contribution in [0, 0.1) is 17.2 Å². The highest BCUT2D eigenvalue weighted by Gasteiger charge is 2.24. The molecule has 1 aromatic carbocycles. The average molecular weight is 200 g/mol. The summed E-state index contributed by atoms with van der Waals surface area (Å²) < 4.78 is 0. The lowest BCUT2D eigenvalue weighted by atomic mass is 9.77. The predicted molar refractivity (Wildman–Crippen MR) is 60.5 cm³/mol. The maximum atomic E-state index is 8.64. The van der Waals surface area contributed by atoms with E-state index in [1.165, 1.54) is 17.5 Å². The molecule has 0 amide bonds. The smallest absolute Gasteiger partial charge is 0.0666 e. The van der Waals surface area contributed by atoms with Crippen molar-refractivity contribution in [2.45, 2.75) is 19.3 Å². The number of hydrogen-bond acceptors (Lipinski definition) is 2. The molecule has 2 unspecified atom stereocenters. The number of rotatable bonds is 4. The van der Waals surface area contributed by atoms with Gasteiger partial charge in [-0.25, -0.2) is 0 Å². The molecule has 0 fully saturated rings. The Labute approximate surface area is 90.9 Å². The fourth-order valence-corrected chi connectivity index (χ4v) is 2.06. The van der Waals surface area contributed by atoms with Gasteiger partial charge >= 0.3 is 0 Å². The van der Waals surface area contributed by atoms with Crippen molar-refractivity contribution in [3.05, 3.63) is 35.4 Å². The van der Waals surface area contributed by atoms with Gasteiger partial charge in [-0.05, 0) is 24.5 Å². The first-order valence-electron chi connectivity index (χ1n) is 5.49. The Morgan fingerprint density at radius 3 is 3.07 bits per heavy atom. The highest BCUT2D eigenvalue weighted by atomic mass is 14.9. The molecular formula is C13H16N2. The van der Waals surface area contributed by atoms with E-state index in [1.54, 1.807) is 0 Å². The van der Waals surface area contributed by atoms with Gasteiger partial charge in [0.1, 0.15) is 0 Å². The molecule has 15 heavy (non-hydrogen) atoms. The zero-order valence-electron chi connectivity index (χ0n) is 9.03. The van der Waals surface area contributed by atoms with Crippen molar-refractivity contribution >= 4 is 0 Å².